The Morgan fingerprint density at radius 3 is 2.73 bits per heavy atom. The summed E-state index contributed by atoms with van der Waals surface area (Å²) >= 11 is 5.65. The van der Waals surface area contributed by atoms with E-state index in [0.717, 1.165) is 18.9 Å². The second-order valence-electron chi connectivity index (χ2n) is 4.76. The van der Waals surface area contributed by atoms with Crippen molar-refractivity contribution >= 4 is 29.2 Å². The van der Waals surface area contributed by atoms with Crippen LogP contribution in [0.3, 0.4) is 0 Å². The Hall–Kier alpha value is -2.15. The van der Waals surface area contributed by atoms with Crippen LogP contribution in [0.25, 0.3) is 0 Å². The van der Waals surface area contributed by atoms with Crippen LogP contribution in [0.15, 0.2) is 18.2 Å². The maximum atomic E-state index is 11.8. The standard InChI is InChI=1S/C14H17ClN2O5/c1-3-4-9(2)16-13(18)8-22-14(19)10-5-6-11(15)12(7-10)17(20)21/h5-7,9H,3-4,8H2,1-2H3,(H,16,18)/t9-/m1/s1. The molecule has 1 N–H and O–H groups in total. The lowest BCUT2D eigenvalue weighted by Gasteiger charge is -2.12. The molecule has 0 saturated carbocycles. The normalized spacial score (nSPS) is 11.6. The van der Waals surface area contributed by atoms with Crippen molar-refractivity contribution in [3.63, 3.8) is 0 Å². The molecule has 1 amide bonds. The van der Waals surface area contributed by atoms with Crippen LogP contribution in [0.2, 0.25) is 5.02 Å². The van der Waals surface area contributed by atoms with E-state index >= 15 is 0 Å². The van der Waals surface area contributed by atoms with E-state index in [4.69, 9.17) is 16.3 Å². The Morgan fingerprint density at radius 1 is 1.45 bits per heavy atom. The molecule has 0 bridgehead atoms. The Morgan fingerprint density at radius 2 is 2.14 bits per heavy atom. The second-order valence-corrected chi connectivity index (χ2v) is 5.16. The van der Waals surface area contributed by atoms with Crippen LogP contribution in [0.1, 0.15) is 37.0 Å². The molecule has 1 aromatic carbocycles. The van der Waals surface area contributed by atoms with Gasteiger partial charge in [0.2, 0.25) is 0 Å². The van der Waals surface area contributed by atoms with Crippen LogP contribution in [0.5, 0.6) is 0 Å². The first-order valence-corrected chi connectivity index (χ1v) is 7.13. The summed E-state index contributed by atoms with van der Waals surface area (Å²) in [5.74, 6) is -1.24. The fourth-order valence-corrected chi connectivity index (χ4v) is 2.00. The van der Waals surface area contributed by atoms with E-state index in [9.17, 15) is 19.7 Å². The van der Waals surface area contributed by atoms with E-state index in [0.29, 0.717) is 0 Å². The molecule has 1 atom stereocenters. The zero-order chi connectivity index (χ0) is 16.7. The molecule has 0 radical (unpaired) electrons. The summed E-state index contributed by atoms with van der Waals surface area (Å²) in [6.07, 6.45) is 1.75. The molecule has 0 unspecified atom stereocenters. The van der Waals surface area contributed by atoms with Crippen molar-refractivity contribution in [2.45, 2.75) is 32.7 Å². The van der Waals surface area contributed by atoms with Gasteiger partial charge in [0.15, 0.2) is 6.61 Å². The van der Waals surface area contributed by atoms with Gasteiger partial charge in [0.05, 0.1) is 10.5 Å². The molecule has 0 aliphatic carbocycles. The maximum absolute atomic E-state index is 11.8. The molecule has 0 aromatic heterocycles. The number of hydrogen-bond acceptors (Lipinski definition) is 5. The summed E-state index contributed by atoms with van der Waals surface area (Å²) in [5, 5.41) is 13.4. The zero-order valence-corrected chi connectivity index (χ0v) is 13.1. The van der Waals surface area contributed by atoms with E-state index in [1.165, 1.54) is 12.1 Å². The highest BCUT2D eigenvalue weighted by Crippen LogP contribution is 2.25. The minimum Gasteiger partial charge on any atom is -0.452 e. The third-order valence-electron chi connectivity index (χ3n) is 2.84. The number of carbonyl (C=O) groups is 2. The summed E-state index contributed by atoms with van der Waals surface area (Å²) in [7, 11) is 0. The van der Waals surface area contributed by atoms with Crippen LogP contribution in [-0.4, -0.2) is 29.4 Å². The van der Waals surface area contributed by atoms with E-state index in [1.807, 2.05) is 13.8 Å². The monoisotopic (exact) mass is 328 g/mol. The lowest BCUT2D eigenvalue weighted by molar-refractivity contribution is -0.384. The number of rotatable bonds is 7. The Kier molecular flexibility index (Phi) is 6.78. The molecule has 8 heteroatoms. The largest absolute Gasteiger partial charge is 0.452 e. The van der Waals surface area contributed by atoms with E-state index in [2.05, 4.69) is 5.32 Å². The van der Waals surface area contributed by atoms with Gasteiger partial charge < -0.3 is 10.1 Å². The summed E-state index contributed by atoms with van der Waals surface area (Å²) < 4.78 is 4.83. The van der Waals surface area contributed by atoms with Gasteiger partial charge in [-0.3, -0.25) is 14.9 Å². The van der Waals surface area contributed by atoms with Crippen LogP contribution in [0.4, 0.5) is 5.69 Å². The number of nitrogens with one attached hydrogen (secondary N) is 1. The molecule has 0 aliphatic heterocycles. The first kappa shape index (κ1) is 17.9. The molecule has 0 aliphatic rings. The zero-order valence-electron chi connectivity index (χ0n) is 12.3. The lowest BCUT2D eigenvalue weighted by atomic mass is 10.2. The SMILES string of the molecule is CCC[C@@H](C)NC(=O)COC(=O)c1ccc(Cl)c([N+](=O)[O-])c1. The molecule has 0 spiro atoms. The van der Waals surface area contributed by atoms with Crippen LogP contribution in [-0.2, 0) is 9.53 Å². The highest BCUT2D eigenvalue weighted by atomic mass is 35.5. The van der Waals surface area contributed by atoms with Gasteiger partial charge in [-0.1, -0.05) is 24.9 Å². The third kappa shape index (κ3) is 5.33. The number of hydrogen-bond donors (Lipinski definition) is 1. The minimum atomic E-state index is -0.821. The third-order valence-corrected chi connectivity index (χ3v) is 3.16. The van der Waals surface area contributed by atoms with Crippen molar-refractivity contribution in [1.82, 2.24) is 5.32 Å². The Bertz CT molecular complexity index is 576. The van der Waals surface area contributed by atoms with Crippen molar-refractivity contribution < 1.29 is 19.2 Å². The van der Waals surface area contributed by atoms with E-state index < -0.39 is 29.1 Å². The molecule has 1 rings (SSSR count). The lowest BCUT2D eigenvalue weighted by Crippen LogP contribution is -2.35. The van der Waals surface area contributed by atoms with Gasteiger partial charge >= 0.3 is 5.97 Å². The quantitative estimate of drug-likeness (QED) is 0.471. The Labute approximate surface area is 132 Å². The molecule has 1 aromatic rings. The average molecular weight is 329 g/mol. The number of nitro benzene ring substituents is 1. The van der Waals surface area contributed by atoms with Crippen LogP contribution < -0.4 is 5.32 Å². The maximum Gasteiger partial charge on any atom is 0.338 e. The number of amides is 1. The van der Waals surface area contributed by atoms with E-state index in [1.54, 1.807) is 0 Å². The summed E-state index contributed by atoms with van der Waals surface area (Å²) in [6, 6.07) is 3.55. The first-order valence-electron chi connectivity index (χ1n) is 6.75. The number of ether oxygens (including phenoxy) is 1. The number of halogens is 1. The highest BCUT2D eigenvalue weighted by molar-refractivity contribution is 6.32. The molecule has 0 heterocycles. The molecule has 22 heavy (non-hydrogen) atoms. The second kappa shape index (κ2) is 8.33. The highest BCUT2D eigenvalue weighted by Gasteiger charge is 2.18. The van der Waals surface area contributed by atoms with Crippen LogP contribution in [0, 0.1) is 10.1 Å². The van der Waals surface area contributed by atoms with Crippen molar-refractivity contribution in [3.05, 3.63) is 38.9 Å². The van der Waals surface area contributed by atoms with Crippen LogP contribution >= 0.6 is 11.6 Å². The predicted molar refractivity (Wildman–Crippen MR) is 80.9 cm³/mol. The van der Waals surface area contributed by atoms with Crippen molar-refractivity contribution in [2.24, 2.45) is 0 Å². The average Bonchev–Trinajstić information content (AvgIpc) is 2.45. The van der Waals surface area contributed by atoms with Gasteiger partial charge in [-0.25, -0.2) is 4.79 Å². The summed E-state index contributed by atoms with van der Waals surface area (Å²) in [5.41, 5.74) is -0.428. The molecule has 120 valence electrons. The molecule has 7 nitrogen and oxygen atoms in total. The number of nitro groups is 1. The first-order chi connectivity index (χ1) is 10.3. The van der Waals surface area contributed by atoms with Crippen molar-refractivity contribution in [1.29, 1.82) is 0 Å². The van der Waals surface area contributed by atoms with Gasteiger partial charge in [-0.2, -0.15) is 0 Å². The number of carbonyl (C=O) groups excluding carboxylic acids is 2. The van der Waals surface area contributed by atoms with Gasteiger partial charge in [-0.15, -0.1) is 0 Å². The fraction of sp³-hybridized carbons (Fsp3) is 0.429. The van der Waals surface area contributed by atoms with Crippen molar-refractivity contribution in [3.8, 4) is 0 Å². The van der Waals surface area contributed by atoms with E-state index in [-0.39, 0.29) is 16.6 Å². The molecular weight excluding hydrogens is 312 g/mol. The molecule has 0 saturated heterocycles. The summed E-state index contributed by atoms with van der Waals surface area (Å²) in [6.45, 7) is 3.41. The summed E-state index contributed by atoms with van der Waals surface area (Å²) in [4.78, 5) is 33.4. The fourth-order valence-electron chi connectivity index (χ4n) is 1.82. The molecule has 0 fully saturated rings. The topological polar surface area (TPSA) is 98.5 Å². The Balaban J connectivity index is 2.61. The number of benzene rings is 1. The van der Waals surface area contributed by atoms with Gasteiger partial charge in [0, 0.05) is 12.1 Å². The molecular formula is C14H17ClN2O5. The van der Waals surface area contributed by atoms with Gasteiger partial charge in [0.25, 0.3) is 11.6 Å². The van der Waals surface area contributed by atoms with Gasteiger partial charge in [-0.05, 0) is 25.5 Å². The number of nitrogens with zero attached hydrogens (tertiary/aromatic N) is 1. The minimum absolute atomic E-state index is 0.00665. The predicted octanol–water partition coefficient (Wildman–Crippen LogP) is 2.71. The number of esters is 1. The van der Waals surface area contributed by atoms with Crippen molar-refractivity contribution in [2.75, 3.05) is 6.61 Å². The van der Waals surface area contributed by atoms with Gasteiger partial charge in [0.1, 0.15) is 5.02 Å². The smallest absolute Gasteiger partial charge is 0.338 e.